The fourth-order valence-corrected chi connectivity index (χ4v) is 7.02. The van der Waals surface area contributed by atoms with Crippen LogP contribution in [-0.2, 0) is 0 Å². The van der Waals surface area contributed by atoms with Gasteiger partial charge in [-0.3, -0.25) is 0 Å². The number of ether oxygens (including phenoxy) is 1. The van der Waals surface area contributed by atoms with E-state index in [-0.39, 0.29) is 17.4 Å². The second kappa shape index (κ2) is 7.64. The lowest BCUT2D eigenvalue weighted by molar-refractivity contribution is 0.456. The Morgan fingerprint density at radius 2 is 1.00 bits per heavy atom. The van der Waals surface area contributed by atoms with E-state index < -0.39 is 0 Å². The van der Waals surface area contributed by atoms with Crippen molar-refractivity contribution < 1.29 is 14.9 Å². The molecular formula is C37H22O3. The average Bonchev–Trinajstić information content (AvgIpc) is 2.98. The SMILES string of the molecule is Oc1ccc2c3c(ccc2c1)Oc1ccc2cc(O)ccc2c1C3c1cc2cccc3ccc4cccc1c4c32. The zero-order valence-corrected chi connectivity index (χ0v) is 21.3. The summed E-state index contributed by atoms with van der Waals surface area (Å²) >= 11 is 0. The first kappa shape index (κ1) is 21.6. The standard InChI is InChI=1S/C37H22O3/c38-25-11-13-27-22(17-25)9-15-31-35(27)37(36-28-14-12-26(39)18-23(28)10-16-32(36)40-31)30-19-24-5-1-3-20-7-8-21-4-2-6-29(30)34(21)33(20)24/h1-19,37-39H. The van der Waals surface area contributed by atoms with Crippen molar-refractivity contribution in [2.24, 2.45) is 0 Å². The van der Waals surface area contributed by atoms with Crippen LogP contribution in [0.25, 0.3) is 53.9 Å². The quantitative estimate of drug-likeness (QED) is 0.214. The normalized spacial score (nSPS) is 13.3. The molecule has 0 bridgehead atoms. The molecule has 188 valence electrons. The van der Waals surface area contributed by atoms with Crippen molar-refractivity contribution in [3.8, 4) is 23.0 Å². The van der Waals surface area contributed by atoms with E-state index >= 15 is 0 Å². The number of phenols is 2. The van der Waals surface area contributed by atoms with Crippen LogP contribution in [0.5, 0.6) is 23.0 Å². The highest BCUT2D eigenvalue weighted by atomic mass is 16.5. The molecule has 0 saturated heterocycles. The van der Waals surface area contributed by atoms with Gasteiger partial charge in [0.2, 0.25) is 0 Å². The summed E-state index contributed by atoms with van der Waals surface area (Å²) in [6, 6.07) is 39.1. The third kappa shape index (κ3) is 2.84. The van der Waals surface area contributed by atoms with E-state index in [9.17, 15) is 10.2 Å². The predicted octanol–water partition coefficient (Wildman–Crippen LogP) is 9.59. The zero-order chi connectivity index (χ0) is 26.5. The molecule has 0 amide bonds. The molecule has 0 fully saturated rings. The molecule has 1 aliphatic rings. The molecule has 3 heteroatoms. The molecule has 0 radical (unpaired) electrons. The summed E-state index contributed by atoms with van der Waals surface area (Å²) in [4.78, 5) is 0. The number of aromatic hydroxyl groups is 2. The zero-order valence-electron chi connectivity index (χ0n) is 21.3. The maximum Gasteiger partial charge on any atom is 0.132 e. The van der Waals surface area contributed by atoms with Crippen LogP contribution in [0, 0.1) is 0 Å². The van der Waals surface area contributed by atoms with Crippen molar-refractivity contribution in [3.05, 3.63) is 132 Å². The fraction of sp³-hybridized carbons (Fsp3) is 0.0270. The van der Waals surface area contributed by atoms with Gasteiger partial charge in [0.05, 0.1) is 0 Å². The molecule has 40 heavy (non-hydrogen) atoms. The lowest BCUT2D eigenvalue weighted by atomic mass is 9.76. The van der Waals surface area contributed by atoms with Crippen LogP contribution >= 0.6 is 0 Å². The summed E-state index contributed by atoms with van der Waals surface area (Å²) < 4.78 is 6.62. The summed E-state index contributed by atoms with van der Waals surface area (Å²) in [6.45, 7) is 0. The first-order valence-electron chi connectivity index (χ1n) is 13.5. The minimum absolute atomic E-state index is 0.144. The van der Waals surface area contributed by atoms with Crippen molar-refractivity contribution in [2.45, 2.75) is 5.92 Å². The molecule has 8 aromatic carbocycles. The van der Waals surface area contributed by atoms with Crippen LogP contribution in [0.15, 0.2) is 115 Å². The summed E-state index contributed by atoms with van der Waals surface area (Å²) in [5, 5.41) is 32.1. The Labute approximate surface area is 229 Å². The lowest BCUT2D eigenvalue weighted by Crippen LogP contribution is -2.13. The number of hydrogen-bond acceptors (Lipinski definition) is 3. The van der Waals surface area contributed by atoms with Gasteiger partial charge in [-0.05, 0) is 102 Å². The molecule has 1 aliphatic heterocycles. The highest BCUT2D eigenvalue weighted by molar-refractivity contribution is 6.24. The molecule has 1 heterocycles. The monoisotopic (exact) mass is 514 g/mol. The Morgan fingerprint density at radius 3 is 1.65 bits per heavy atom. The van der Waals surface area contributed by atoms with E-state index in [0.717, 1.165) is 44.2 Å². The number of hydrogen-bond donors (Lipinski definition) is 2. The Morgan fingerprint density at radius 1 is 0.450 bits per heavy atom. The molecule has 0 spiro atoms. The van der Waals surface area contributed by atoms with Crippen LogP contribution in [0.1, 0.15) is 22.6 Å². The van der Waals surface area contributed by atoms with Crippen molar-refractivity contribution >= 4 is 53.9 Å². The van der Waals surface area contributed by atoms with Crippen LogP contribution in [-0.4, -0.2) is 10.2 Å². The van der Waals surface area contributed by atoms with Gasteiger partial charge in [-0.15, -0.1) is 0 Å². The summed E-state index contributed by atoms with van der Waals surface area (Å²) in [5.74, 6) is 1.97. The molecule has 0 aliphatic carbocycles. The predicted molar refractivity (Wildman–Crippen MR) is 162 cm³/mol. The largest absolute Gasteiger partial charge is 0.508 e. The van der Waals surface area contributed by atoms with E-state index in [1.807, 2.05) is 48.5 Å². The molecule has 0 atom stereocenters. The Kier molecular flexibility index (Phi) is 4.13. The lowest BCUT2D eigenvalue weighted by Gasteiger charge is -2.32. The van der Waals surface area contributed by atoms with E-state index in [2.05, 4.69) is 54.6 Å². The maximum atomic E-state index is 10.3. The third-order valence-corrected chi connectivity index (χ3v) is 8.66. The highest BCUT2D eigenvalue weighted by Crippen LogP contribution is 2.54. The summed E-state index contributed by atoms with van der Waals surface area (Å²) in [5.41, 5.74) is 3.38. The number of fused-ring (bicyclic) bond motifs is 6. The smallest absolute Gasteiger partial charge is 0.132 e. The van der Waals surface area contributed by atoms with Crippen molar-refractivity contribution in [1.82, 2.24) is 0 Å². The molecule has 9 rings (SSSR count). The highest BCUT2D eigenvalue weighted by Gasteiger charge is 2.34. The third-order valence-electron chi connectivity index (χ3n) is 8.66. The number of phenolic OH excluding ortho intramolecular Hbond substituents is 2. The van der Waals surface area contributed by atoms with Crippen LogP contribution in [0.2, 0.25) is 0 Å². The van der Waals surface area contributed by atoms with Crippen LogP contribution in [0.3, 0.4) is 0 Å². The van der Waals surface area contributed by atoms with Gasteiger partial charge in [-0.2, -0.15) is 0 Å². The van der Waals surface area contributed by atoms with E-state index in [4.69, 9.17) is 4.74 Å². The molecule has 0 saturated carbocycles. The molecule has 0 unspecified atom stereocenters. The van der Waals surface area contributed by atoms with Gasteiger partial charge in [-0.1, -0.05) is 72.8 Å². The van der Waals surface area contributed by atoms with E-state index in [0.29, 0.717) is 0 Å². The van der Waals surface area contributed by atoms with Crippen LogP contribution < -0.4 is 4.74 Å². The van der Waals surface area contributed by atoms with Gasteiger partial charge in [0, 0.05) is 17.0 Å². The fourth-order valence-electron chi connectivity index (χ4n) is 7.02. The average molecular weight is 515 g/mol. The summed E-state index contributed by atoms with van der Waals surface area (Å²) in [7, 11) is 0. The molecule has 0 aromatic heterocycles. The maximum absolute atomic E-state index is 10.3. The van der Waals surface area contributed by atoms with E-state index in [1.165, 1.54) is 37.9 Å². The van der Waals surface area contributed by atoms with Gasteiger partial charge in [0.1, 0.15) is 23.0 Å². The van der Waals surface area contributed by atoms with Crippen molar-refractivity contribution in [2.75, 3.05) is 0 Å². The van der Waals surface area contributed by atoms with Crippen LogP contribution in [0.4, 0.5) is 0 Å². The van der Waals surface area contributed by atoms with E-state index in [1.54, 1.807) is 12.1 Å². The minimum Gasteiger partial charge on any atom is -0.508 e. The second-order valence-corrected chi connectivity index (χ2v) is 10.8. The second-order valence-electron chi connectivity index (χ2n) is 10.8. The molecule has 2 N–H and O–H groups in total. The topological polar surface area (TPSA) is 49.7 Å². The Bertz CT molecular complexity index is 2240. The minimum atomic E-state index is -0.144. The van der Waals surface area contributed by atoms with Gasteiger partial charge >= 0.3 is 0 Å². The van der Waals surface area contributed by atoms with Crippen molar-refractivity contribution in [1.29, 1.82) is 0 Å². The summed E-state index contributed by atoms with van der Waals surface area (Å²) in [6.07, 6.45) is 0. The number of rotatable bonds is 1. The Hall–Kier alpha value is -5.28. The number of benzene rings is 8. The van der Waals surface area contributed by atoms with Crippen molar-refractivity contribution in [3.63, 3.8) is 0 Å². The first-order chi connectivity index (χ1) is 19.6. The van der Waals surface area contributed by atoms with Gasteiger partial charge in [0.25, 0.3) is 0 Å². The van der Waals surface area contributed by atoms with Gasteiger partial charge in [0.15, 0.2) is 0 Å². The molecule has 8 aromatic rings. The first-order valence-corrected chi connectivity index (χ1v) is 13.5. The van der Waals surface area contributed by atoms with Gasteiger partial charge < -0.3 is 14.9 Å². The molecular weight excluding hydrogens is 492 g/mol. The Balaban J connectivity index is 1.50. The van der Waals surface area contributed by atoms with Gasteiger partial charge in [-0.25, -0.2) is 0 Å². The molecule has 3 nitrogen and oxygen atoms in total.